The molecule has 0 saturated carbocycles. The lowest BCUT2D eigenvalue weighted by Gasteiger charge is -2.11. The number of carbonyl (C=O) groups is 1. The van der Waals surface area contributed by atoms with Crippen molar-refractivity contribution in [3.05, 3.63) is 63.8 Å². The molecule has 8 nitrogen and oxygen atoms in total. The molecule has 2 aromatic carbocycles. The molecule has 3 N–H and O–H groups in total. The molecule has 1 aromatic heterocycles. The molecular weight excluding hydrogens is 379 g/mol. The summed E-state index contributed by atoms with van der Waals surface area (Å²) in [5, 5.41) is 23.6. The molecule has 3 aromatic rings. The van der Waals surface area contributed by atoms with Gasteiger partial charge in [-0.2, -0.15) is 18.3 Å². The topological polar surface area (TPSA) is 113 Å². The second-order valence-corrected chi connectivity index (χ2v) is 5.79. The molecule has 0 spiro atoms. The van der Waals surface area contributed by atoms with Crippen molar-refractivity contribution in [2.75, 3.05) is 18.4 Å². The van der Waals surface area contributed by atoms with Crippen molar-refractivity contribution in [1.82, 2.24) is 15.5 Å². The minimum absolute atomic E-state index is 0.0697. The summed E-state index contributed by atoms with van der Waals surface area (Å²) in [4.78, 5) is 22.3. The summed E-state index contributed by atoms with van der Waals surface area (Å²) in [6, 6.07) is 9.27. The van der Waals surface area contributed by atoms with Crippen molar-refractivity contribution in [1.29, 1.82) is 0 Å². The monoisotopic (exact) mass is 393 g/mol. The number of hydrogen-bond acceptors (Lipinski definition) is 5. The first-order chi connectivity index (χ1) is 13.3. The van der Waals surface area contributed by atoms with Crippen LogP contribution in [-0.2, 0) is 6.18 Å². The Bertz CT molecular complexity index is 1030. The Morgan fingerprint density at radius 1 is 1.18 bits per heavy atom. The van der Waals surface area contributed by atoms with Crippen LogP contribution in [0.4, 0.5) is 24.5 Å². The van der Waals surface area contributed by atoms with Gasteiger partial charge in [0.25, 0.3) is 11.6 Å². The molecule has 0 atom stereocenters. The van der Waals surface area contributed by atoms with E-state index >= 15 is 0 Å². The van der Waals surface area contributed by atoms with Gasteiger partial charge in [-0.3, -0.25) is 20.0 Å². The van der Waals surface area contributed by atoms with E-state index < -0.39 is 28.3 Å². The molecule has 0 aliphatic carbocycles. The Morgan fingerprint density at radius 2 is 1.93 bits per heavy atom. The van der Waals surface area contributed by atoms with Crippen LogP contribution in [0.1, 0.15) is 16.1 Å². The summed E-state index contributed by atoms with van der Waals surface area (Å²) >= 11 is 0. The number of para-hydroxylation sites is 1. The van der Waals surface area contributed by atoms with Gasteiger partial charge in [0.15, 0.2) is 5.69 Å². The van der Waals surface area contributed by atoms with E-state index in [9.17, 15) is 28.1 Å². The fraction of sp³-hybridized carbons (Fsp3) is 0.176. The number of benzene rings is 2. The number of alkyl halides is 3. The van der Waals surface area contributed by atoms with Crippen molar-refractivity contribution >= 4 is 28.2 Å². The minimum atomic E-state index is -4.68. The third-order valence-corrected chi connectivity index (χ3v) is 3.93. The maximum absolute atomic E-state index is 12.7. The highest BCUT2D eigenvalue weighted by molar-refractivity contribution is 6.04. The number of rotatable bonds is 6. The lowest BCUT2D eigenvalue weighted by molar-refractivity contribution is -0.384. The molecule has 11 heteroatoms. The van der Waals surface area contributed by atoms with Crippen LogP contribution in [0.3, 0.4) is 0 Å². The zero-order valence-corrected chi connectivity index (χ0v) is 14.2. The van der Waals surface area contributed by atoms with Gasteiger partial charge in [-0.05, 0) is 18.2 Å². The number of halogens is 3. The summed E-state index contributed by atoms with van der Waals surface area (Å²) in [6.07, 6.45) is -4.68. The summed E-state index contributed by atoms with van der Waals surface area (Å²) in [5.41, 5.74) is -0.970. The number of fused-ring (bicyclic) bond motifs is 1. The molecule has 0 unspecified atom stereocenters. The maximum Gasteiger partial charge on any atom is 0.416 e. The molecular formula is C17H14F3N5O3. The first-order valence-electron chi connectivity index (χ1n) is 8.08. The van der Waals surface area contributed by atoms with E-state index in [-0.39, 0.29) is 24.5 Å². The van der Waals surface area contributed by atoms with E-state index in [2.05, 4.69) is 20.8 Å². The molecule has 0 fully saturated rings. The highest BCUT2D eigenvalue weighted by Gasteiger charge is 2.33. The normalized spacial score (nSPS) is 11.4. The summed E-state index contributed by atoms with van der Waals surface area (Å²) in [7, 11) is 0. The van der Waals surface area contributed by atoms with E-state index in [4.69, 9.17) is 0 Å². The standard InChI is InChI=1S/C17H14F3N5O3/c18-17(19,20)10-5-6-13(14(9-10)25(27)28)21-7-8-22-16(26)15-11-3-1-2-4-12(11)23-24-15/h1-6,9,21H,7-8H2,(H,22,26)(H,23,24). The second kappa shape index (κ2) is 7.55. The molecule has 28 heavy (non-hydrogen) atoms. The quantitative estimate of drug-likeness (QED) is 0.338. The number of nitrogens with one attached hydrogen (secondary N) is 3. The number of hydrogen-bond donors (Lipinski definition) is 3. The summed E-state index contributed by atoms with van der Waals surface area (Å²) in [6.45, 7) is 0.151. The smallest absolute Gasteiger partial charge is 0.378 e. The van der Waals surface area contributed by atoms with E-state index in [1.165, 1.54) is 0 Å². The first-order valence-corrected chi connectivity index (χ1v) is 8.08. The lowest BCUT2D eigenvalue weighted by Crippen LogP contribution is -2.29. The lowest BCUT2D eigenvalue weighted by atomic mass is 10.1. The fourth-order valence-electron chi connectivity index (χ4n) is 2.60. The molecule has 146 valence electrons. The van der Waals surface area contributed by atoms with Gasteiger partial charge in [-0.25, -0.2) is 0 Å². The Labute approximate surface area is 155 Å². The van der Waals surface area contributed by atoms with Crippen LogP contribution in [-0.4, -0.2) is 34.1 Å². The zero-order valence-electron chi connectivity index (χ0n) is 14.2. The fourth-order valence-corrected chi connectivity index (χ4v) is 2.60. The van der Waals surface area contributed by atoms with Crippen LogP contribution in [0.2, 0.25) is 0 Å². The predicted octanol–water partition coefficient (Wildman–Crippen LogP) is 3.33. The van der Waals surface area contributed by atoms with Gasteiger partial charge >= 0.3 is 6.18 Å². The second-order valence-electron chi connectivity index (χ2n) is 5.79. The van der Waals surface area contributed by atoms with Crippen LogP contribution >= 0.6 is 0 Å². The van der Waals surface area contributed by atoms with Gasteiger partial charge in [-0.15, -0.1) is 0 Å². The third-order valence-electron chi connectivity index (χ3n) is 3.93. The van der Waals surface area contributed by atoms with Gasteiger partial charge in [0, 0.05) is 24.5 Å². The van der Waals surface area contributed by atoms with Gasteiger partial charge < -0.3 is 10.6 Å². The highest BCUT2D eigenvalue weighted by atomic mass is 19.4. The molecule has 0 aliphatic heterocycles. The van der Waals surface area contributed by atoms with Crippen LogP contribution in [0.25, 0.3) is 10.9 Å². The van der Waals surface area contributed by atoms with Crippen molar-refractivity contribution in [2.24, 2.45) is 0 Å². The van der Waals surface area contributed by atoms with E-state index in [0.717, 1.165) is 12.1 Å². The number of anilines is 1. The maximum atomic E-state index is 12.7. The summed E-state index contributed by atoms with van der Waals surface area (Å²) in [5.74, 6) is -0.443. The molecule has 1 heterocycles. The first kappa shape index (κ1) is 19.1. The van der Waals surface area contributed by atoms with E-state index in [0.29, 0.717) is 17.0 Å². The van der Waals surface area contributed by atoms with Crippen LogP contribution in [0.15, 0.2) is 42.5 Å². The van der Waals surface area contributed by atoms with Crippen LogP contribution in [0.5, 0.6) is 0 Å². The number of aromatic amines is 1. The van der Waals surface area contributed by atoms with Gasteiger partial charge in [-0.1, -0.05) is 18.2 Å². The number of carbonyl (C=O) groups excluding carboxylic acids is 1. The molecule has 0 bridgehead atoms. The minimum Gasteiger partial charge on any atom is -0.378 e. The van der Waals surface area contributed by atoms with Crippen molar-refractivity contribution in [3.8, 4) is 0 Å². The SMILES string of the molecule is O=C(NCCNc1ccc(C(F)(F)F)cc1[N+](=O)[O-])c1n[nH]c2ccccc12. The Morgan fingerprint density at radius 3 is 2.64 bits per heavy atom. The number of nitrogens with zero attached hydrogens (tertiary/aromatic N) is 2. The number of aromatic nitrogens is 2. The number of H-pyrrole nitrogens is 1. The molecule has 1 amide bonds. The number of nitro groups is 1. The number of nitro benzene ring substituents is 1. The average Bonchev–Trinajstić information content (AvgIpc) is 3.08. The van der Waals surface area contributed by atoms with E-state index in [1.807, 2.05) is 0 Å². The Balaban J connectivity index is 1.62. The largest absolute Gasteiger partial charge is 0.416 e. The molecule has 3 rings (SSSR count). The van der Waals surface area contributed by atoms with Gasteiger partial charge in [0.05, 0.1) is 16.0 Å². The molecule has 0 saturated heterocycles. The zero-order chi connectivity index (χ0) is 20.3. The highest BCUT2D eigenvalue weighted by Crippen LogP contribution is 2.34. The van der Waals surface area contributed by atoms with Crippen molar-refractivity contribution < 1.29 is 22.9 Å². The van der Waals surface area contributed by atoms with Crippen LogP contribution < -0.4 is 10.6 Å². The average molecular weight is 393 g/mol. The molecule has 0 radical (unpaired) electrons. The Kier molecular flexibility index (Phi) is 5.16. The van der Waals surface area contributed by atoms with Gasteiger partial charge in [0.2, 0.25) is 0 Å². The number of amides is 1. The third kappa shape index (κ3) is 4.03. The van der Waals surface area contributed by atoms with Gasteiger partial charge in [0.1, 0.15) is 5.69 Å². The predicted molar refractivity (Wildman–Crippen MR) is 95.0 cm³/mol. The van der Waals surface area contributed by atoms with Crippen LogP contribution in [0, 0.1) is 10.1 Å². The van der Waals surface area contributed by atoms with E-state index in [1.54, 1.807) is 24.3 Å². The van der Waals surface area contributed by atoms with Crippen molar-refractivity contribution in [2.45, 2.75) is 6.18 Å². The summed E-state index contributed by atoms with van der Waals surface area (Å²) < 4.78 is 38.1. The Hall–Kier alpha value is -3.63. The molecule has 0 aliphatic rings. The van der Waals surface area contributed by atoms with Crippen molar-refractivity contribution in [3.63, 3.8) is 0 Å².